The lowest BCUT2D eigenvalue weighted by Crippen LogP contribution is -2.30. The molecule has 2 rings (SSSR count). The molecule has 0 aliphatic heterocycles. The second kappa shape index (κ2) is 7.00. The normalized spacial score (nSPS) is 11.5. The zero-order chi connectivity index (χ0) is 17.9. The summed E-state index contributed by atoms with van der Waals surface area (Å²) in [5.74, 6) is -0.708. The first-order valence-corrected chi connectivity index (χ1v) is 9.14. The highest BCUT2D eigenvalue weighted by atomic mass is 32.2. The number of anilines is 2. The smallest absolute Gasteiger partial charge is 0.265 e. The van der Waals surface area contributed by atoms with Crippen LogP contribution in [0, 0.1) is 0 Å². The van der Waals surface area contributed by atoms with E-state index in [0.717, 1.165) is 24.4 Å². The molecule has 0 spiro atoms. The summed E-state index contributed by atoms with van der Waals surface area (Å²) < 4.78 is 27.1. The van der Waals surface area contributed by atoms with Gasteiger partial charge in [-0.15, -0.1) is 0 Å². The van der Waals surface area contributed by atoms with Crippen LogP contribution in [0.2, 0.25) is 0 Å². The summed E-state index contributed by atoms with van der Waals surface area (Å²) in [7, 11) is -3.94. The van der Waals surface area contributed by atoms with Crippen LogP contribution in [0.5, 0.6) is 11.5 Å². The summed E-state index contributed by atoms with van der Waals surface area (Å²) in [5.41, 5.74) is 1.40. The Morgan fingerprint density at radius 1 is 1.08 bits per heavy atom. The van der Waals surface area contributed by atoms with Gasteiger partial charge in [0.2, 0.25) is 0 Å². The van der Waals surface area contributed by atoms with Gasteiger partial charge >= 0.3 is 0 Å². The molecule has 24 heavy (non-hydrogen) atoms. The zero-order valence-electron chi connectivity index (χ0n) is 13.9. The van der Waals surface area contributed by atoms with Gasteiger partial charge in [0.25, 0.3) is 10.0 Å². The first-order chi connectivity index (χ1) is 11.2. The van der Waals surface area contributed by atoms with E-state index in [-0.39, 0.29) is 10.6 Å². The van der Waals surface area contributed by atoms with Gasteiger partial charge in [0, 0.05) is 30.0 Å². The topological polar surface area (TPSA) is 89.9 Å². The van der Waals surface area contributed by atoms with Crippen molar-refractivity contribution in [3.8, 4) is 11.5 Å². The number of rotatable bonds is 6. The molecule has 0 aromatic heterocycles. The van der Waals surface area contributed by atoms with Gasteiger partial charge in [0.15, 0.2) is 0 Å². The molecule has 2 aromatic rings. The minimum atomic E-state index is -3.94. The minimum Gasteiger partial charge on any atom is -0.508 e. The lowest BCUT2D eigenvalue weighted by atomic mass is 10.2. The molecule has 0 amide bonds. The lowest BCUT2D eigenvalue weighted by molar-refractivity contribution is 0.440. The Balaban J connectivity index is 2.24. The average molecular weight is 350 g/mol. The Bertz CT molecular complexity index is 802. The molecule has 0 saturated heterocycles. The van der Waals surface area contributed by atoms with E-state index in [1.54, 1.807) is 12.1 Å². The number of phenols is 2. The van der Waals surface area contributed by atoms with Crippen molar-refractivity contribution in [1.82, 2.24) is 0 Å². The lowest BCUT2D eigenvalue weighted by Gasteiger charge is -2.27. The maximum Gasteiger partial charge on any atom is 0.265 e. The molecule has 6 nitrogen and oxygen atoms in total. The fourth-order valence-electron chi connectivity index (χ4n) is 2.51. The number of nitrogens with zero attached hydrogens (tertiary/aromatic N) is 1. The van der Waals surface area contributed by atoms with Crippen molar-refractivity contribution in [3.63, 3.8) is 0 Å². The molecule has 0 atom stereocenters. The predicted molar refractivity (Wildman–Crippen MR) is 95.2 cm³/mol. The summed E-state index contributed by atoms with van der Waals surface area (Å²) in [4.78, 5) is 1.89. The van der Waals surface area contributed by atoms with E-state index in [2.05, 4.69) is 30.4 Å². The molecule has 3 N–H and O–H groups in total. The molecule has 0 aliphatic rings. The highest BCUT2D eigenvalue weighted by Crippen LogP contribution is 2.29. The first kappa shape index (κ1) is 17.9. The van der Waals surface area contributed by atoms with Crippen LogP contribution in [0.3, 0.4) is 0 Å². The molecule has 0 saturated carbocycles. The van der Waals surface area contributed by atoms with Crippen molar-refractivity contribution in [2.75, 3.05) is 16.2 Å². The van der Waals surface area contributed by atoms with E-state index in [1.807, 2.05) is 12.1 Å². The van der Waals surface area contributed by atoms with Gasteiger partial charge in [-0.05, 0) is 57.2 Å². The largest absolute Gasteiger partial charge is 0.508 e. The third kappa shape index (κ3) is 3.91. The summed E-state index contributed by atoms with van der Waals surface area (Å²) in [6, 6.07) is 10.7. The molecule has 0 fully saturated rings. The van der Waals surface area contributed by atoms with Crippen molar-refractivity contribution in [2.45, 2.75) is 31.7 Å². The van der Waals surface area contributed by atoms with Crippen LogP contribution in [-0.2, 0) is 10.0 Å². The Hall–Kier alpha value is -2.41. The Labute approximate surface area is 142 Å². The Morgan fingerprint density at radius 3 is 2.21 bits per heavy atom. The Kier molecular flexibility index (Phi) is 5.23. The van der Waals surface area contributed by atoms with Gasteiger partial charge in [-0.1, -0.05) is 0 Å². The third-order valence-electron chi connectivity index (χ3n) is 3.65. The number of aromatic hydroxyl groups is 2. The number of hydrogen-bond donors (Lipinski definition) is 3. The van der Waals surface area contributed by atoms with Crippen LogP contribution >= 0.6 is 0 Å². The van der Waals surface area contributed by atoms with Crippen LogP contribution in [0.1, 0.15) is 20.8 Å². The monoisotopic (exact) mass is 350 g/mol. The summed E-state index contributed by atoms with van der Waals surface area (Å²) >= 11 is 0. The fourth-order valence-corrected chi connectivity index (χ4v) is 3.65. The molecule has 0 heterocycles. The van der Waals surface area contributed by atoms with E-state index in [0.29, 0.717) is 11.7 Å². The van der Waals surface area contributed by atoms with E-state index in [4.69, 9.17) is 0 Å². The predicted octanol–water partition coefficient (Wildman–Crippen LogP) is 3.13. The van der Waals surface area contributed by atoms with Gasteiger partial charge in [-0.25, -0.2) is 8.42 Å². The van der Waals surface area contributed by atoms with Crippen molar-refractivity contribution in [3.05, 3.63) is 42.5 Å². The number of hydrogen-bond acceptors (Lipinski definition) is 5. The fraction of sp³-hybridized carbons (Fsp3) is 0.294. The van der Waals surface area contributed by atoms with Crippen LogP contribution in [0.4, 0.5) is 11.4 Å². The molecular weight excluding hydrogens is 328 g/mol. The van der Waals surface area contributed by atoms with Crippen LogP contribution in [0.15, 0.2) is 47.4 Å². The van der Waals surface area contributed by atoms with E-state index in [1.165, 1.54) is 6.07 Å². The number of nitrogens with one attached hydrogen (secondary N) is 1. The van der Waals surface area contributed by atoms with E-state index in [9.17, 15) is 18.6 Å². The number of benzene rings is 2. The Morgan fingerprint density at radius 2 is 1.71 bits per heavy atom. The molecule has 2 aromatic carbocycles. The van der Waals surface area contributed by atoms with Gasteiger partial charge in [-0.3, -0.25) is 4.72 Å². The van der Waals surface area contributed by atoms with Crippen LogP contribution in [0.25, 0.3) is 0 Å². The first-order valence-electron chi connectivity index (χ1n) is 7.66. The van der Waals surface area contributed by atoms with Crippen LogP contribution < -0.4 is 9.62 Å². The van der Waals surface area contributed by atoms with Gasteiger partial charge < -0.3 is 15.1 Å². The standard InChI is InChI=1S/C17H22N2O4S/c1-4-19(12(2)3)14-7-5-13(6-8-14)18-24(22,23)17-10-9-15(20)11-16(17)21/h5-12,18,20-21H,4H2,1-3H3. The van der Waals surface area contributed by atoms with Crippen molar-refractivity contribution >= 4 is 21.4 Å². The molecule has 0 bridgehead atoms. The molecule has 0 aliphatic carbocycles. The van der Waals surface area contributed by atoms with Gasteiger partial charge in [-0.2, -0.15) is 0 Å². The van der Waals surface area contributed by atoms with Gasteiger partial charge in [0.1, 0.15) is 16.4 Å². The van der Waals surface area contributed by atoms with Gasteiger partial charge in [0.05, 0.1) is 0 Å². The molecule has 7 heteroatoms. The second-order valence-electron chi connectivity index (χ2n) is 5.68. The highest BCUT2D eigenvalue weighted by Gasteiger charge is 2.19. The van der Waals surface area contributed by atoms with Crippen molar-refractivity contribution < 1.29 is 18.6 Å². The summed E-state index contributed by atoms with van der Waals surface area (Å²) in [6.07, 6.45) is 0. The molecule has 130 valence electrons. The SMILES string of the molecule is CCN(c1ccc(NS(=O)(=O)c2ccc(O)cc2O)cc1)C(C)C. The number of phenolic OH excluding ortho intramolecular Hbond substituents is 2. The molecule has 0 radical (unpaired) electrons. The highest BCUT2D eigenvalue weighted by molar-refractivity contribution is 7.92. The maximum absolute atomic E-state index is 12.4. The maximum atomic E-state index is 12.4. The quantitative estimate of drug-likeness (QED) is 0.745. The zero-order valence-corrected chi connectivity index (χ0v) is 14.7. The van der Waals surface area contributed by atoms with E-state index < -0.39 is 15.8 Å². The molecular formula is C17H22N2O4S. The average Bonchev–Trinajstić information content (AvgIpc) is 2.48. The summed E-state index contributed by atoms with van der Waals surface area (Å²) in [6.45, 7) is 7.09. The van der Waals surface area contributed by atoms with Crippen LogP contribution in [-0.4, -0.2) is 31.2 Å². The number of sulfonamides is 1. The second-order valence-corrected chi connectivity index (χ2v) is 7.33. The van der Waals surface area contributed by atoms with E-state index >= 15 is 0 Å². The third-order valence-corrected chi connectivity index (χ3v) is 5.08. The summed E-state index contributed by atoms with van der Waals surface area (Å²) in [5, 5.41) is 19.0. The van der Waals surface area contributed by atoms with Crippen molar-refractivity contribution in [1.29, 1.82) is 0 Å². The molecule has 0 unspecified atom stereocenters. The van der Waals surface area contributed by atoms with Crippen molar-refractivity contribution in [2.24, 2.45) is 0 Å². The minimum absolute atomic E-state index is 0.204.